The van der Waals surface area contributed by atoms with Crippen molar-refractivity contribution in [3.63, 3.8) is 0 Å². The number of hydrogen-bond acceptors (Lipinski definition) is 3. The molecule has 19 heavy (non-hydrogen) atoms. The second-order valence-electron chi connectivity index (χ2n) is 6.43. The molecule has 0 aliphatic carbocycles. The summed E-state index contributed by atoms with van der Waals surface area (Å²) in [6.07, 6.45) is 5.59. The highest BCUT2D eigenvalue weighted by Crippen LogP contribution is 2.37. The molecule has 0 aromatic carbocycles. The van der Waals surface area contributed by atoms with Crippen LogP contribution in [0.15, 0.2) is 0 Å². The predicted octanol–water partition coefficient (Wildman–Crippen LogP) is 1.99. The third kappa shape index (κ3) is 2.56. The zero-order valence-corrected chi connectivity index (χ0v) is 12.4. The van der Waals surface area contributed by atoms with Crippen LogP contribution in [0.25, 0.3) is 0 Å². The molecule has 0 radical (unpaired) electrons. The van der Waals surface area contributed by atoms with Gasteiger partial charge in [0.15, 0.2) is 0 Å². The number of rotatable bonds is 4. The Morgan fingerprint density at radius 2 is 1.95 bits per heavy atom. The minimum absolute atomic E-state index is 0.850. The zero-order chi connectivity index (χ0) is 13.4. The number of fused-ring (bicyclic) bond motifs is 2. The molecule has 3 rings (SSSR count). The van der Waals surface area contributed by atoms with Gasteiger partial charge in [0, 0.05) is 29.9 Å². The van der Waals surface area contributed by atoms with Gasteiger partial charge in [0.2, 0.25) is 0 Å². The lowest BCUT2D eigenvalue weighted by Crippen LogP contribution is -2.42. The van der Waals surface area contributed by atoms with E-state index >= 15 is 0 Å². The number of aromatic amines is 1. The minimum atomic E-state index is 0.850. The average molecular weight is 262 g/mol. The molecule has 2 aliphatic heterocycles. The second-order valence-corrected chi connectivity index (χ2v) is 6.43. The third-order valence-corrected chi connectivity index (χ3v) is 5.21. The number of H-pyrrole nitrogens is 1. The monoisotopic (exact) mass is 262 g/mol. The number of nitrogens with one attached hydrogen (secondary N) is 2. The summed E-state index contributed by atoms with van der Waals surface area (Å²) in [6, 6.07) is 1.70. The maximum Gasteiger partial charge on any atom is 0.0638 e. The lowest BCUT2D eigenvalue weighted by Gasteiger charge is -2.36. The van der Waals surface area contributed by atoms with E-state index in [-0.39, 0.29) is 0 Å². The van der Waals surface area contributed by atoms with Gasteiger partial charge in [-0.15, -0.1) is 0 Å². The first-order valence-corrected chi connectivity index (χ1v) is 7.58. The maximum atomic E-state index is 4.25. The van der Waals surface area contributed by atoms with Crippen molar-refractivity contribution in [2.45, 2.75) is 58.2 Å². The van der Waals surface area contributed by atoms with Gasteiger partial charge in [-0.1, -0.05) is 0 Å². The van der Waals surface area contributed by atoms with E-state index in [1.165, 1.54) is 36.9 Å². The summed E-state index contributed by atoms with van der Waals surface area (Å²) >= 11 is 0. The summed E-state index contributed by atoms with van der Waals surface area (Å²) in [7, 11) is 2.31. The molecule has 2 atom stereocenters. The van der Waals surface area contributed by atoms with E-state index in [0.29, 0.717) is 0 Å². The van der Waals surface area contributed by atoms with Crippen molar-refractivity contribution >= 4 is 0 Å². The molecule has 2 aliphatic rings. The number of piperidine rings is 1. The Labute approximate surface area is 116 Å². The lowest BCUT2D eigenvalue weighted by atomic mass is 9.91. The van der Waals surface area contributed by atoms with Crippen molar-refractivity contribution in [1.29, 1.82) is 0 Å². The summed E-state index contributed by atoms with van der Waals surface area (Å²) in [5.74, 6) is 0.862. The second kappa shape index (κ2) is 5.25. The van der Waals surface area contributed by atoms with E-state index < -0.39 is 0 Å². The lowest BCUT2D eigenvalue weighted by molar-refractivity contribution is 0.133. The van der Waals surface area contributed by atoms with E-state index in [1.807, 2.05) is 0 Å². The van der Waals surface area contributed by atoms with Gasteiger partial charge >= 0.3 is 0 Å². The van der Waals surface area contributed by atoms with E-state index in [9.17, 15) is 0 Å². The Morgan fingerprint density at radius 1 is 1.26 bits per heavy atom. The van der Waals surface area contributed by atoms with E-state index in [0.717, 1.165) is 36.8 Å². The Balaban J connectivity index is 1.49. The standard InChI is InChI=1S/C15H26N4/c1-10-15(11(2)18-17-10)9-16-8-12-6-13-4-5-14(7-12)19(13)3/h12-14,16H,4-9H2,1-3H3,(H,17,18). The molecule has 1 aromatic rings. The summed E-state index contributed by atoms with van der Waals surface area (Å²) in [6.45, 7) is 6.30. The fourth-order valence-corrected chi connectivity index (χ4v) is 3.93. The molecule has 4 nitrogen and oxygen atoms in total. The fourth-order valence-electron chi connectivity index (χ4n) is 3.93. The molecular weight excluding hydrogens is 236 g/mol. The molecule has 2 N–H and O–H groups in total. The van der Waals surface area contributed by atoms with E-state index in [1.54, 1.807) is 0 Å². The first kappa shape index (κ1) is 13.1. The van der Waals surface area contributed by atoms with Gasteiger partial charge in [-0.25, -0.2) is 0 Å². The zero-order valence-electron chi connectivity index (χ0n) is 12.4. The molecule has 1 aromatic heterocycles. The topological polar surface area (TPSA) is 44.0 Å². The highest BCUT2D eigenvalue weighted by Gasteiger charge is 2.37. The highest BCUT2D eigenvalue weighted by atomic mass is 15.2. The molecule has 0 amide bonds. The van der Waals surface area contributed by atoms with Crippen molar-refractivity contribution in [3.8, 4) is 0 Å². The highest BCUT2D eigenvalue weighted by molar-refractivity contribution is 5.22. The maximum absolute atomic E-state index is 4.25. The molecule has 2 bridgehead atoms. The number of hydrogen-bond donors (Lipinski definition) is 2. The van der Waals surface area contributed by atoms with Gasteiger partial charge in [0.1, 0.15) is 0 Å². The van der Waals surface area contributed by atoms with Crippen LogP contribution in [0, 0.1) is 19.8 Å². The summed E-state index contributed by atoms with van der Waals surface area (Å²) in [5.41, 5.74) is 3.68. The summed E-state index contributed by atoms with van der Waals surface area (Å²) < 4.78 is 0. The normalized spacial score (nSPS) is 31.0. The van der Waals surface area contributed by atoms with Crippen LogP contribution in [-0.4, -0.2) is 40.8 Å². The quantitative estimate of drug-likeness (QED) is 0.872. The smallest absolute Gasteiger partial charge is 0.0638 e. The Hall–Kier alpha value is -0.870. The van der Waals surface area contributed by atoms with Crippen LogP contribution in [0.4, 0.5) is 0 Å². The fraction of sp³-hybridized carbons (Fsp3) is 0.800. The summed E-state index contributed by atoms with van der Waals surface area (Å²) in [4.78, 5) is 2.61. The molecule has 106 valence electrons. The molecule has 2 unspecified atom stereocenters. The number of aryl methyl sites for hydroxylation is 2. The van der Waals surface area contributed by atoms with Gasteiger partial charge in [0.05, 0.1) is 5.69 Å². The molecule has 0 saturated carbocycles. The van der Waals surface area contributed by atoms with Crippen molar-refractivity contribution in [2.24, 2.45) is 5.92 Å². The summed E-state index contributed by atoms with van der Waals surface area (Å²) in [5, 5.41) is 11.0. The van der Waals surface area contributed by atoms with Crippen molar-refractivity contribution in [3.05, 3.63) is 17.0 Å². The minimum Gasteiger partial charge on any atom is -0.312 e. The number of nitrogens with zero attached hydrogens (tertiary/aromatic N) is 2. The molecule has 4 heteroatoms. The molecule has 3 heterocycles. The van der Waals surface area contributed by atoms with Crippen LogP contribution in [0.2, 0.25) is 0 Å². The van der Waals surface area contributed by atoms with Gasteiger partial charge in [-0.2, -0.15) is 5.10 Å². The third-order valence-electron chi connectivity index (χ3n) is 5.21. The molecule has 2 saturated heterocycles. The van der Waals surface area contributed by atoms with Crippen LogP contribution < -0.4 is 5.32 Å². The molecule has 0 spiro atoms. The van der Waals surface area contributed by atoms with Gasteiger partial charge in [0.25, 0.3) is 0 Å². The van der Waals surface area contributed by atoms with E-state index in [2.05, 4.69) is 41.3 Å². The Bertz CT molecular complexity index is 406. The average Bonchev–Trinajstić information content (AvgIpc) is 2.80. The van der Waals surface area contributed by atoms with Crippen LogP contribution in [0.1, 0.15) is 42.6 Å². The van der Waals surface area contributed by atoms with Crippen LogP contribution in [-0.2, 0) is 6.54 Å². The molecular formula is C15H26N4. The first-order valence-electron chi connectivity index (χ1n) is 7.58. The number of aromatic nitrogens is 2. The largest absolute Gasteiger partial charge is 0.312 e. The van der Waals surface area contributed by atoms with Crippen LogP contribution in [0.3, 0.4) is 0 Å². The van der Waals surface area contributed by atoms with Crippen molar-refractivity contribution < 1.29 is 0 Å². The Morgan fingerprint density at radius 3 is 2.53 bits per heavy atom. The van der Waals surface area contributed by atoms with Gasteiger partial charge in [-0.05, 0) is 59.0 Å². The SMILES string of the molecule is Cc1n[nH]c(C)c1CNCC1CC2CCC(C1)N2C. The van der Waals surface area contributed by atoms with Gasteiger partial charge < -0.3 is 10.2 Å². The molecule has 2 fully saturated rings. The van der Waals surface area contributed by atoms with Crippen molar-refractivity contribution in [1.82, 2.24) is 20.4 Å². The first-order chi connectivity index (χ1) is 9.15. The van der Waals surface area contributed by atoms with Crippen LogP contribution in [0.5, 0.6) is 0 Å². The van der Waals surface area contributed by atoms with E-state index in [4.69, 9.17) is 0 Å². The Kier molecular flexibility index (Phi) is 3.63. The predicted molar refractivity (Wildman–Crippen MR) is 77.1 cm³/mol. The van der Waals surface area contributed by atoms with Crippen molar-refractivity contribution in [2.75, 3.05) is 13.6 Å². The van der Waals surface area contributed by atoms with Gasteiger partial charge in [-0.3, -0.25) is 5.10 Å². The van der Waals surface area contributed by atoms with Crippen LogP contribution >= 0.6 is 0 Å².